The third-order valence-corrected chi connectivity index (χ3v) is 4.17. The summed E-state index contributed by atoms with van der Waals surface area (Å²) < 4.78 is 11.3. The van der Waals surface area contributed by atoms with Gasteiger partial charge >= 0.3 is 5.97 Å². The summed E-state index contributed by atoms with van der Waals surface area (Å²) in [7, 11) is 0. The van der Waals surface area contributed by atoms with E-state index < -0.39 is 23.8 Å². The molecule has 4 atom stereocenters. The van der Waals surface area contributed by atoms with Crippen LogP contribution in [0.1, 0.15) is 45.3 Å². The maximum Gasteiger partial charge on any atom is 0.303 e. The molecule has 0 radical (unpaired) electrons. The van der Waals surface area contributed by atoms with Gasteiger partial charge in [-0.1, -0.05) is 6.92 Å². The summed E-state index contributed by atoms with van der Waals surface area (Å²) in [6, 6.07) is 1.79. The maximum atomic E-state index is 11.3. The topological polar surface area (TPSA) is 94.7 Å². The molecule has 2 rings (SSSR count). The zero-order valence-corrected chi connectivity index (χ0v) is 12.6. The molecule has 0 amide bonds. The zero-order valence-electron chi connectivity index (χ0n) is 12.6. The smallest absolute Gasteiger partial charge is 0.303 e. The second-order valence-corrected chi connectivity index (χ2v) is 5.45. The largest absolute Gasteiger partial charge is 0.459 e. The highest BCUT2D eigenvalue weighted by molar-refractivity contribution is 5.66. The van der Waals surface area contributed by atoms with Crippen LogP contribution in [-0.4, -0.2) is 33.9 Å². The lowest BCUT2D eigenvalue weighted by Crippen LogP contribution is -2.57. The normalized spacial score (nSPS) is 32.7. The van der Waals surface area contributed by atoms with Crippen LogP contribution < -0.4 is 5.73 Å². The van der Waals surface area contributed by atoms with E-state index in [1.807, 2.05) is 6.92 Å². The molecule has 1 aliphatic rings. The summed E-state index contributed by atoms with van der Waals surface area (Å²) in [5.74, 6) is -0.414. The average molecular weight is 294 g/mol. The van der Waals surface area contributed by atoms with Gasteiger partial charge in [-0.15, -0.1) is 0 Å². The van der Waals surface area contributed by atoms with Crippen molar-refractivity contribution in [2.45, 2.75) is 57.5 Å². The van der Waals surface area contributed by atoms with Gasteiger partial charge in [0.1, 0.15) is 11.7 Å². The summed E-state index contributed by atoms with van der Waals surface area (Å²) in [6.07, 6.45) is 2.57. The van der Waals surface area contributed by atoms with Crippen molar-refractivity contribution in [3.8, 4) is 0 Å². The van der Waals surface area contributed by atoms with Gasteiger partial charge in [-0.05, 0) is 19.4 Å². The molecule has 0 bridgehead atoms. The molecule has 116 valence electrons. The first kappa shape index (κ1) is 15.7. The van der Waals surface area contributed by atoms with Crippen molar-refractivity contribution in [1.82, 2.24) is 4.98 Å². The van der Waals surface area contributed by atoms with E-state index in [9.17, 15) is 9.90 Å². The highest BCUT2D eigenvalue weighted by Gasteiger charge is 2.49. The van der Waals surface area contributed by atoms with Gasteiger partial charge in [0.05, 0.1) is 24.1 Å². The van der Waals surface area contributed by atoms with Gasteiger partial charge in [-0.25, -0.2) is 0 Å². The van der Waals surface area contributed by atoms with E-state index in [2.05, 4.69) is 4.98 Å². The van der Waals surface area contributed by atoms with E-state index in [0.29, 0.717) is 18.5 Å². The number of nitrogen functional groups attached to an aromatic ring is 1. The number of esters is 1. The van der Waals surface area contributed by atoms with Crippen LogP contribution in [0.2, 0.25) is 0 Å². The number of carbonyl (C=O) groups is 1. The Hall–Kier alpha value is -1.66. The van der Waals surface area contributed by atoms with Crippen molar-refractivity contribution in [3.05, 3.63) is 24.0 Å². The Kier molecular flexibility index (Phi) is 4.49. The summed E-state index contributed by atoms with van der Waals surface area (Å²) >= 11 is 0. The van der Waals surface area contributed by atoms with Crippen LogP contribution in [0.25, 0.3) is 0 Å². The van der Waals surface area contributed by atoms with Gasteiger partial charge in [0.15, 0.2) is 0 Å². The van der Waals surface area contributed by atoms with E-state index >= 15 is 0 Å². The molecule has 6 nitrogen and oxygen atoms in total. The molecule has 6 heteroatoms. The number of ether oxygens (including phenoxy) is 2. The number of anilines is 1. The highest BCUT2D eigenvalue weighted by atomic mass is 16.6. The summed E-state index contributed by atoms with van der Waals surface area (Å²) in [5.41, 5.74) is 6.06. The monoisotopic (exact) mass is 294 g/mol. The standard InChI is InChI=1S/C15H22N2O4/c1-4-15(19)9(2)20-13(7-14(15)21-10(3)18)11-5-6-17-8-12(11)16/h5-6,8-9,13-14,19H,4,7,16H2,1-3H3. The molecule has 4 unspecified atom stereocenters. The minimum absolute atomic E-state index is 0.334. The first-order valence-corrected chi connectivity index (χ1v) is 7.13. The molecule has 1 fully saturated rings. The fourth-order valence-electron chi connectivity index (χ4n) is 2.86. The molecule has 0 aromatic carbocycles. The number of pyridine rings is 1. The lowest BCUT2D eigenvalue weighted by Gasteiger charge is -2.46. The second-order valence-electron chi connectivity index (χ2n) is 5.45. The quantitative estimate of drug-likeness (QED) is 0.822. The van der Waals surface area contributed by atoms with E-state index in [4.69, 9.17) is 15.2 Å². The Labute approximate surface area is 124 Å². The summed E-state index contributed by atoms with van der Waals surface area (Å²) in [4.78, 5) is 15.3. The van der Waals surface area contributed by atoms with Crippen molar-refractivity contribution in [3.63, 3.8) is 0 Å². The summed E-state index contributed by atoms with van der Waals surface area (Å²) in [6.45, 7) is 4.97. The summed E-state index contributed by atoms with van der Waals surface area (Å²) in [5, 5.41) is 10.7. The van der Waals surface area contributed by atoms with Crippen molar-refractivity contribution < 1.29 is 19.4 Å². The maximum absolute atomic E-state index is 11.3. The fourth-order valence-corrected chi connectivity index (χ4v) is 2.86. The number of rotatable bonds is 3. The Bertz CT molecular complexity index is 522. The average Bonchev–Trinajstić information content (AvgIpc) is 2.43. The van der Waals surface area contributed by atoms with Crippen LogP contribution in [0.3, 0.4) is 0 Å². The number of aromatic nitrogens is 1. The lowest BCUT2D eigenvalue weighted by atomic mass is 9.81. The first-order valence-electron chi connectivity index (χ1n) is 7.13. The molecule has 2 heterocycles. The number of hydrogen-bond acceptors (Lipinski definition) is 6. The molecule has 3 N–H and O–H groups in total. The predicted octanol–water partition coefficient (Wildman–Crippen LogP) is 1.59. The van der Waals surface area contributed by atoms with Crippen LogP contribution in [0.4, 0.5) is 5.69 Å². The molecule has 0 aliphatic carbocycles. The van der Waals surface area contributed by atoms with E-state index in [1.54, 1.807) is 25.4 Å². The van der Waals surface area contributed by atoms with Gasteiger partial charge in [0.25, 0.3) is 0 Å². The van der Waals surface area contributed by atoms with E-state index in [-0.39, 0.29) is 6.10 Å². The van der Waals surface area contributed by atoms with E-state index in [1.165, 1.54) is 6.92 Å². The zero-order chi connectivity index (χ0) is 15.6. The van der Waals surface area contributed by atoms with E-state index in [0.717, 1.165) is 5.56 Å². The second kappa shape index (κ2) is 5.99. The van der Waals surface area contributed by atoms with Crippen LogP contribution in [0.15, 0.2) is 18.5 Å². The molecular formula is C15H22N2O4. The van der Waals surface area contributed by atoms with Crippen molar-refractivity contribution in [1.29, 1.82) is 0 Å². The van der Waals surface area contributed by atoms with Crippen molar-refractivity contribution in [2.24, 2.45) is 0 Å². The molecule has 1 saturated heterocycles. The SMILES string of the molecule is CCC1(O)C(C)OC(c2ccncc2N)CC1OC(C)=O. The van der Waals surface area contributed by atoms with Gasteiger partial charge in [0.2, 0.25) is 0 Å². The first-order chi connectivity index (χ1) is 9.88. The number of hydrogen-bond donors (Lipinski definition) is 2. The third-order valence-electron chi connectivity index (χ3n) is 4.17. The molecule has 21 heavy (non-hydrogen) atoms. The number of nitrogens with zero attached hydrogens (tertiary/aromatic N) is 1. The number of carbonyl (C=O) groups excluding carboxylic acids is 1. The number of nitrogens with two attached hydrogens (primary N) is 1. The van der Waals surface area contributed by atoms with Crippen molar-refractivity contribution >= 4 is 11.7 Å². The molecule has 1 aromatic heterocycles. The van der Waals surface area contributed by atoms with Crippen LogP contribution in [-0.2, 0) is 14.3 Å². The van der Waals surface area contributed by atoms with Gasteiger partial charge in [0, 0.05) is 25.1 Å². The van der Waals surface area contributed by atoms with Crippen molar-refractivity contribution in [2.75, 3.05) is 5.73 Å². The Morgan fingerprint density at radius 2 is 2.38 bits per heavy atom. The minimum atomic E-state index is -1.19. The lowest BCUT2D eigenvalue weighted by molar-refractivity contribution is -0.234. The van der Waals surface area contributed by atoms with Crippen LogP contribution in [0, 0.1) is 0 Å². The fraction of sp³-hybridized carbons (Fsp3) is 0.600. The molecular weight excluding hydrogens is 272 g/mol. The highest BCUT2D eigenvalue weighted by Crippen LogP contribution is 2.41. The van der Waals surface area contributed by atoms with Gasteiger partial charge < -0.3 is 20.3 Å². The van der Waals surface area contributed by atoms with Crippen LogP contribution >= 0.6 is 0 Å². The Morgan fingerprint density at radius 1 is 1.67 bits per heavy atom. The van der Waals surface area contributed by atoms with Crippen LogP contribution in [0.5, 0.6) is 0 Å². The Balaban J connectivity index is 2.29. The Morgan fingerprint density at radius 3 is 2.95 bits per heavy atom. The molecule has 0 spiro atoms. The van der Waals surface area contributed by atoms with Gasteiger partial charge in [-0.2, -0.15) is 0 Å². The molecule has 1 aliphatic heterocycles. The predicted molar refractivity (Wildman–Crippen MR) is 77.3 cm³/mol. The molecule has 1 aromatic rings. The molecule has 0 saturated carbocycles. The third kappa shape index (κ3) is 3.01. The minimum Gasteiger partial charge on any atom is -0.459 e. The number of aliphatic hydroxyl groups is 1. The van der Waals surface area contributed by atoms with Gasteiger partial charge in [-0.3, -0.25) is 9.78 Å².